The molecule has 1 saturated heterocycles. The van der Waals surface area contributed by atoms with Crippen LogP contribution in [0.25, 0.3) is 0 Å². The summed E-state index contributed by atoms with van der Waals surface area (Å²) in [4.78, 5) is 0. The van der Waals surface area contributed by atoms with Gasteiger partial charge < -0.3 is 10.1 Å². The van der Waals surface area contributed by atoms with Gasteiger partial charge in [0, 0.05) is 16.6 Å². The first kappa shape index (κ1) is 13.2. The van der Waals surface area contributed by atoms with Gasteiger partial charge in [-0.25, -0.2) is 0 Å². The van der Waals surface area contributed by atoms with E-state index in [0.717, 1.165) is 31.5 Å². The van der Waals surface area contributed by atoms with Gasteiger partial charge in [0.1, 0.15) is 0 Å². The maximum Gasteiger partial charge on any atom is 0.0783 e. The highest BCUT2D eigenvalue weighted by Crippen LogP contribution is 2.26. The van der Waals surface area contributed by atoms with E-state index < -0.39 is 0 Å². The molecule has 0 spiro atoms. The second-order valence-corrected chi connectivity index (χ2v) is 5.60. The molecule has 1 heterocycles. The predicted octanol–water partition coefficient (Wildman–Crippen LogP) is 3.65. The van der Waals surface area contributed by atoms with Crippen molar-refractivity contribution in [2.75, 3.05) is 13.1 Å². The lowest BCUT2D eigenvalue weighted by Gasteiger charge is -2.34. The maximum atomic E-state index is 6.11. The smallest absolute Gasteiger partial charge is 0.0783 e. The van der Waals surface area contributed by atoms with Crippen LogP contribution in [0.15, 0.2) is 18.2 Å². The highest BCUT2D eigenvalue weighted by molar-refractivity contribution is 6.33. The summed E-state index contributed by atoms with van der Waals surface area (Å²) in [6.45, 7) is 4.62. The summed E-state index contributed by atoms with van der Waals surface area (Å²) < 4.78 is 5.99. The number of rotatable bonds is 3. The lowest BCUT2D eigenvalue weighted by molar-refractivity contribution is -0.0571. The Kier molecular flexibility index (Phi) is 4.31. The van der Waals surface area contributed by atoms with Crippen LogP contribution in [0.5, 0.6) is 0 Å². The Bertz CT molecular complexity index is 389. The summed E-state index contributed by atoms with van der Waals surface area (Å²) in [5, 5.41) is 4.76. The molecule has 2 rings (SSSR count). The Balaban J connectivity index is 1.99. The molecule has 0 aliphatic carbocycles. The quantitative estimate of drug-likeness (QED) is 0.908. The van der Waals surface area contributed by atoms with Gasteiger partial charge in [-0.15, -0.1) is 0 Å². The summed E-state index contributed by atoms with van der Waals surface area (Å²) >= 11 is 12.1. The molecule has 1 fully saturated rings. The first-order chi connectivity index (χ1) is 8.09. The molecule has 0 radical (unpaired) electrons. The third kappa shape index (κ3) is 3.59. The zero-order valence-corrected chi connectivity index (χ0v) is 11.4. The van der Waals surface area contributed by atoms with E-state index in [1.807, 2.05) is 12.1 Å². The van der Waals surface area contributed by atoms with E-state index in [4.69, 9.17) is 27.9 Å². The van der Waals surface area contributed by atoms with Crippen molar-refractivity contribution in [3.05, 3.63) is 33.8 Å². The van der Waals surface area contributed by atoms with Crippen molar-refractivity contribution in [2.45, 2.75) is 32.0 Å². The molecule has 94 valence electrons. The fourth-order valence-corrected chi connectivity index (χ4v) is 2.42. The van der Waals surface area contributed by atoms with Gasteiger partial charge in [0.15, 0.2) is 0 Å². The number of hydrogen-bond donors (Lipinski definition) is 1. The Morgan fingerprint density at radius 3 is 2.94 bits per heavy atom. The second kappa shape index (κ2) is 5.57. The second-order valence-electron chi connectivity index (χ2n) is 4.75. The molecule has 0 bridgehead atoms. The van der Waals surface area contributed by atoms with Crippen LogP contribution in [0.3, 0.4) is 0 Å². The largest absolute Gasteiger partial charge is 0.369 e. The molecule has 0 saturated carbocycles. The monoisotopic (exact) mass is 273 g/mol. The lowest BCUT2D eigenvalue weighted by atomic mass is 9.96. The van der Waals surface area contributed by atoms with Gasteiger partial charge >= 0.3 is 0 Å². The molecule has 1 atom stereocenters. The molecule has 1 aromatic rings. The number of ether oxygens (including phenoxy) is 1. The topological polar surface area (TPSA) is 21.3 Å². The number of hydrogen-bond acceptors (Lipinski definition) is 2. The Morgan fingerprint density at radius 1 is 1.41 bits per heavy atom. The van der Waals surface area contributed by atoms with E-state index in [1.165, 1.54) is 0 Å². The van der Waals surface area contributed by atoms with Crippen molar-refractivity contribution < 1.29 is 4.74 Å². The van der Waals surface area contributed by atoms with E-state index >= 15 is 0 Å². The van der Waals surface area contributed by atoms with Crippen molar-refractivity contribution in [2.24, 2.45) is 0 Å². The fraction of sp³-hybridized carbons (Fsp3) is 0.538. The average Bonchev–Trinajstić information content (AvgIpc) is 2.31. The van der Waals surface area contributed by atoms with E-state index in [2.05, 4.69) is 12.2 Å². The van der Waals surface area contributed by atoms with Gasteiger partial charge in [0.05, 0.1) is 12.2 Å². The molecule has 1 aliphatic rings. The van der Waals surface area contributed by atoms with E-state index in [0.29, 0.717) is 16.7 Å². The fourth-order valence-electron chi connectivity index (χ4n) is 2.06. The normalized spacial score (nSPS) is 24.9. The first-order valence-electron chi connectivity index (χ1n) is 5.88. The molecular formula is C13H17Cl2NO. The predicted molar refractivity (Wildman–Crippen MR) is 71.8 cm³/mol. The molecule has 1 N–H and O–H groups in total. The van der Waals surface area contributed by atoms with Crippen molar-refractivity contribution in [3.63, 3.8) is 0 Å². The average molecular weight is 274 g/mol. The lowest BCUT2D eigenvalue weighted by Crippen LogP contribution is -2.45. The first-order valence-corrected chi connectivity index (χ1v) is 6.63. The molecule has 1 aromatic carbocycles. The van der Waals surface area contributed by atoms with Crippen LogP contribution >= 0.6 is 23.2 Å². The minimum atomic E-state index is -0.0934. The highest BCUT2D eigenvalue weighted by atomic mass is 35.5. The number of benzene rings is 1. The Morgan fingerprint density at radius 2 is 2.24 bits per heavy atom. The Hall–Kier alpha value is -0.280. The van der Waals surface area contributed by atoms with Crippen LogP contribution in [0.1, 0.15) is 25.3 Å². The molecule has 4 heteroatoms. The number of nitrogens with one attached hydrogen (secondary N) is 1. The summed E-state index contributed by atoms with van der Waals surface area (Å²) in [6, 6.07) is 5.46. The number of halogens is 2. The molecule has 2 nitrogen and oxygen atoms in total. The van der Waals surface area contributed by atoms with Crippen LogP contribution in [-0.4, -0.2) is 18.7 Å². The van der Waals surface area contributed by atoms with E-state index in [-0.39, 0.29) is 5.60 Å². The summed E-state index contributed by atoms with van der Waals surface area (Å²) in [7, 11) is 0. The molecule has 17 heavy (non-hydrogen) atoms. The molecule has 1 aliphatic heterocycles. The van der Waals surface area contributed by atoms with Gasteiger partial charge in [-0.05, 0) is 50.1 Å². The molecule has 1 unspecified atom stereocenters. The standard InChI is InChI=1S/C13H17Cl2NO/c1-13(5-2-6-16-9-13)17-8-10-7-11(14)3-4-12(10)15/h3-4,7,16H,2,5-6,8-9H2,1H3. The maximum absolute atomic E-state index is 6.11. The molecule has 0 aromatic heterocycles. The van der Waals surface area contributed by atoms with Crippen molar-refractivity contribution in [1.29, 1.82) is 0 Å². The molecular weight excluding hydrogens is 257 g/mol. The minimum absolute atomic E-state index is 0.0934. The van der Waals surface area contributed by atoms with Crippen molar-refractivity contribution in [3.8, 4) is 0 Å². The van der Waals surface area contributed by atoms with Crippen molar-refractivity contribution >= 4 is 23.2 Å². The minimum Gasteiger partial charge on any atom is -0.369 e. The van der Waals surface area contributed by atoms with Gasteiger partial charge in [-0.3, -0.25) is 0 Å². The van der Waals surface area contributed by atoms with Gasteiger partial charge in [0.25, 0.3) is 0 Å². The van der Waals surface area contributed by atoms with Crippen molar-refractivity contribution in [1.82, 2.24) is 5.32 Å². The van der Waals surface area contributed by atoms with Crippen LogP contribution in [0.4, 0.5) is 0 Å². The Labute approximate surface area is 112 Å². The zero-order valence-electron chi connectivity index (χ0n) is 9.93. The van der Waals surface area contributed by atoms with Gasteiger partial charge in [-0.1, -0.05) is 23.2 Å². The van der Waals surface area contributed by atoms with Crippen LogP contribution < -0.4 is 5.32 Å². The summed E-state index contributed by atoms with van der Waals surface area (Å²) in [5.74, 6) is 0. The third-order valence-electron chi connectivity index (χ3n) is 3.14. The van der Waals surface area contributed by atoms with E-state index in [1.54, 1.807) is 6.07 Å². The van der Waals surface area contributed by atoms with E-state index in [9.17, 15) is 0 Å². The number of piperidine rings is 1. The van der Waals surface area contributed by atoms with Crippen LogP contribution in [0.2, 0.25) is 10.0 Å². The summed E-state index contributed by atoms with van der Waals surface area (Å²) in [6.07, 6.45) is 2.23. The SMILES string of the molecule is CC1(OCc2cc(Cl)ccc2Cl)CCCNC1. The van der Waals surface area contributed by atoms with Crippen LogP contribution in [0, 0.1) is 0 Å². The highest BCUT2D eigenvalue weighted by Gasteiger charge is 2.27. The zero-order chi connectivity index (χ0) is 12.3. The summed E-state index contributed by atoms with van der Waals surface area (Å²) in [5.41, 5.74) is 0.857. The third-order valence-corrected chi connectivity index (χ3v) is 3.75. The van der Waals surface area contributed by atoms with Crippen LogP contribution in [-0.2, 0) is 11.3 Å². The van der Waals surface area contributed by atoms with Gasteiger partial charge in [0.2, 0.25) is 0 Å². The molecule has 0 amide bonds. The van der Waals surface area contributed by atoms with Gasteiger partial charge in [-0.2, -0.15) is 0 Å².